The van der Waals surface area contributed by atoms with Crippen molar-refractivity contribution in [3.05, 3.63) is 0 Å². The van der Waals surface area contributed by atoms with Crippen molar-refractivity contribution >= 4 is 23.2 Å². The molecule has 1 heterocycles. The first kappa shape index (κ1) is 9.90. The highest BCUT2D eigenvalue weighted by molar-refractivity contribution is 7.80. The van der Waals surface area contributed by atoms with Gasteiger partial charge in [0.05, 0.1) is 5.54 Å². The van der Waals surface area contributed by atoms with Crippen molar-refractivity contribution in [2.24, 2.45) is 11.8 Å². The van der Waals surface area contributed by atoms with Gasteiger partial charge in [0.25, 0.3) is 0 Å². The summed E-state index contributed by atoms with van der Waals surface area (Å²) in [5.41, 5.74) is -0.259. The Morgan fingerprint density at radius 1 is 1.36 bits per heavy atom. The average molecular weight is 212 g/mol. The summed E-state index contributed by atoms with van der Waals surface area (Å²) in [6.07, 6.45) is 3.53. The fourth-order valence-corrected chi connectivity index (χ4v) is 3.39. The molecule has 14 heavy (non-hydrogen) atoms. The van der Waals surface area contributed by atoms with Gasteiger partial charge in [0.1, 0.15) is 4.99 Å². The number of nitrogens with one attached hydrogen (secondary N) is 2. The van der Waals surface area contributed by atoms with E-state index < -0.39 is 0 Å². The molecule has 2 fully saturated rings. The maximum absolute atomic E-state index is 11.3. The van der Waals surface area contributed by atoms with Gasteiger partial charge in [-0.15, -0.1) is 0 Å². The van der Waals surface area contributed by atoms with Crippen LogP contribution in [-0.2, 0) is 0 Å². The van der Waals surface area contributed by atoms with E-state index in [9.17, 15) is 4.79 Å². The molecule has 1 saturated heterocycles. The van der Waals surface area contributed by atoms with E-state index in [0.717, 1.165) is 12.8 Å². The maximum atomic E-state index is 11.3. The van der Waals surface area contributed by atoms with E-state index in [2.05, 4.69) is 24.5 Å². The Hall–Kier alpha value is -0.640. The highest BCUT2D eigenvalue weighted by Crippen LogP contribution is 2.40. The van der Waals surface area contributed by atoms with E-state index in [1.54, 1.807) is 0 Å². The van der Waals surface area contributed by atoms with Crippen LogP contribution in [-0.4, -0.2) is 16.6 Å². The lowest BCUT2D eigenvalue weighted by atomic mass is 9.67. The van der Waals surface area contributed by atoms with Gasteiger partial charge >= 0.3 is 6.03 Å². The van der Waals surface area contributed by atoms with Crippen LogP contribution in [0.2, 0.25) is 0 Å². The summed E-state index contributed by atoms with van der Waals surface area (Å²) in [5.74, 6) is 0.885. The van der Waals surface area contributed by atoms with Crippen LogP contribution in [0.3, 0.4) is 0 Å². The molecule has 0 aromatic heterocycles. The zero-order valence-corrected chi connectivity index (χ0v) is 9.41. The van der Waals surface area contributed by atoms with Gasteiger partial charge in [0, 0.05) is 0 Å². The number of amides is 2. The molecule has 1 spiro atoms. The van der Waals surface area contributed by atoms with E-state index in [4.69, 9.17) is 12.2 Å². The molecule has 1 aliphatic carbocycles. The molecule has 1 saturated carbocycles. The number of carbonyl (C=O) groups excluding carboxylic acids is 1. The smallest absolute Gasteiger partial charge is 0.320 e. The molecule has 1 unspecified atom stereocenters. The Kier molecular flexibility index (Phi) is 2.26. The fraction of sp³-hybridized carbons (Fsp3) is 0.800. The lowest BCUT2D eigenvalue weighted by Gasteiger charge is -2.43. The molecule has 3 atom stereocenters. The van der Waals surface area contributed by atoms with Crippen molar-refractivity contribution in [3.63, 3.8) is 0 Å². The molecule has 2 amide bonds. The van der Waals surface area contributed by atoms with Gasteiger partial charge in [-0.05, 0) is 24.7 Å². The highest BCUT2D eigenvalue weighted by atomic mass is 32.1. The third-order valence-electron chi connectivity index (χ3n) is 3.75. The van der Waals surface area contributed by atoms with Gasteiger partial charge < -0.3 is 10.6 Å². The first-order valence-corrected chi connectivity index (χ1v) is 5.62. The van der Waals surface area contributed by atoms with Crippen LogP contribution in [0.4, 0.5) is 4.79 Å². The summed E-state index contributed by atoms with van der Waals surface area (Å²) >= 11 is 5.29. The Bertz CT molecular complexity index is 280. The molecule has 0 bridgehead atoms. The first-order valence-electron chi connectivity index (χ1n) is 5.21. The molecule has 0 radical (unpaired) electrons. The quantitative estimate of drug-likeness (QED) is 0.601. The average Bonchev–Trinajstić information content (AvgIpc) is 2.39. The van der Waals surface area contributed by atoms with Gasteiger partial charge in [-0.1, -0.05) is 32.5 Å². The SMILES string of the molecule is C[C@@H]1CCC[C@H](C)C12NC(=O)NC2=S. The molecule has 2 rings (SSSR count). The van der Waals surface area contributed by atoms with E-state index in [1.165, 1.54) is 6.42 Å². The molecule has 2 aliphatic rings. The van der Waals surface area contributed by atoms with Crippen molar-refractivity contribution in [1.29, 1.82) is 0 Å². The largest absolute Gasteiger partial charge is 0.325 e. The van der Waals surface area contributed by atoms with Gasteiger partial charge in [-0.2, -0.15) is 0 Å². The fourth-order valence-electron chi connectivity index (χ4n) is 2.85. The zero-order valence-electron chi connectivity index (χ0n) is 8.59. The topological polar surface area (TPSA) is 41.1 Å². The van der Waals surface area contributed by atoms with E-state index in [0.29, 0.717) is 16.8 Å². The van der Waals surface area contributed by atoms with Crippen molar-refractivity contribution in [1.82, 2.24) is 10.6 Å². The highest BCUT2D eigenvalue weighted by Gasteiger charge is 2.52. The second-order valence-corrected chi connectivity index (χ2v) is 4.92. The van der Waals surface area contributed by atoms with Gasteiger partial charge in [0.2, 0.25) is 0 Å². The molecule has 4 heteroatoms. The molecule has 3 nitrogen and oxygen atoms in total. The number of hydrogen-bond acceptors (Lipinski definition) is 2. The first-order chi connectivity index (χ1) is 6.57. The minimum Gasteiger partial charge on any atom is -0.325 e. The standard InChI is InChI=1S/C10H16N2OS/c1-6-4-3-5-7(2)10(6)8(14)11-9(13)12-10/h6-7H,3-5H2,1-2H3,(H2,11,12,13,14)/t6-,7+,10?. The molecular weight excluding hydrogens is 196 g/mol. The van der Waals surface area contributed by atoms with Gasteiger partial charge in [-0.3, -0.25) is 0 Å². The minimum absolute atomic E-state index is 0.129. The minimum atomic E-state index is -0.259. The van der Waals surface area contributed by atoms with Crippen molar-refractivity contribution in [2.45, 2.75) is 38.6 Å². The second-order valence-electron chi connectivity index (χ2n) is 4.51. The van der Waals surface area contributed by atoms with Crippen molar-refractivity contribution in [2.75, 3.05) is 0 Å². The summed E-state index contributed by atoms with van der Waals surface area (Å²) < 4.78 is 0. The summed E-state index contributed by atoms with van der Waals surface area (Å²) in [5, 5.41) is 5.75. The normalized spacial score (nSPS) is 42.4. The Balaban J connectivity index is 2.35. The second kappa shape index (κ2) is 3.19. The molecule has 78 valence electrons. The van der Waals surface area contributed by atoms with Crippen LogP contribution in [0, 0.1) is 11.8 Å². The Morgan fingerprint density at radius 3 is 2.36 bits per heavy atom. The predicted octanol–water partition coefficient (Wildman–Crippen LogP) is 1.82. The van der Waals surface area contributed by atoms with Gasteiger partial charge in [-0.25, -0.2) is 4.79 Å². The van der Waals surface area contributed by atoms with E-state index in [1.807, 2.05) is 0 Å². The summed E-state index contributed by atoms with van der Waals surface area (Å²) in [4.78, 5) is 12.0. The lowest BCUT2D eigenvalue weighted by molar-refractivity contribution is 0.171. The van der Waals surface area contributed by atoms with Crippen LogP contribution in [0.1, 0.15) is 33.1 Å². The number of thiocarbonyl (C=S) groups is 1. The molecule has 1 aliphatic heterocycles. The molecule has 2 N–H and O–H groups in total. The third kappa shape index (κ3) is 1.16. The van der Waals surface area contributed by atoms with E-state index >= 15 is 0 Å². The van der Waals surface area contributed by atoms with Crippen LogP contribution in [0.25, 0.3) is 0 Å². The Morgan fingerprint density at radius 2 is 1.93 bits per heavy atom. The van der Waals surface area contributed by atoms with Crippen LogP contribution >= 0.6 is 12.2 Å². The number of urea groups is 1. The number of rotatable bonds is 0. The van der Waals surface area contributed by atoms with Crippen molar-refractivity contribution < 1.29 is 4.79 Å². The summed E-state index contributed by atoms with van der Waals surface area (Å²) in [6.45, 7) is 4.35. The van der Waals surface area contributed by atoms with Crippen molar-refractivity contribution in [3.8, 4) is 0 Å². The third-order valence-corrected chi connectivity index (χ3v) is 4.19. The summed E-state index contributed by atoms with van der Waals surface area (Å²) in [7, 11) is 0. The number of hydrogen-bond donors (Lipinski definition) is 2. The number of carbonyl (C=O) groups is 1. The lowest BCUT2D eigenvalue weighted by Crippen LogP contribution is -2.58. The monoisotopic (exact) mass is 212 g/mol. The zero-order chi connectivity index (χ0) is 10.3. The molecule has 0 aromatic rings. The predicted molar refractivity (Wildman–Crippen MR) is 59.2 cm³/mol. The summed E-state index contributed by atoms with van der Waals surface area (Å²) in [6, 6.07) is -0.129. The van der Waals surface area contributed by atoms with Crippen LogP contribution < -0.4 is 10.6 Å². The van der Waals surface area contributed by atoms with E-state index in [-0.39, 0.29) is 11.6 Å². The molecule has 0 aromatic carbocycles. The van der Waals surface area contributed by atoms with Gasteiger partial charge in [0.15, 0.2) is 0 Å². The van der Waals surface area contributed by atoms with Crippen LogP contribution in [0.15, 0.2) is 0 Å². The maximum Gasteiger partial charge on any atom is 0.320 e. The Labute approximate surface area is 89.6 Å². The molecular formula is C10H16N2OS. The van der Waals surface area contributed by atoms with Crippen LogP contribution in [0.5, 0.6) is 0 Å².